The van der Waals surface area contributed by atoms with E-state index in [1.54, 1.807) is 0 Å². The molecule has 6 heteroatoms. The minimum Gasteiger partial charge on any atom is -0.480 e. The van der Waals surface area contributed by atoms with Crippen molar-refractivity contribution in [1.29, 1.82) is 0 Å². The third kappa shape index (κ3) is 3.59. The van der Waals surface area contributed by atoms with Crippen molar-refractivity contribution in [1.82, 2.24) is 5.32 Å². The van der Waals surface area contributed by atoms with E-state index < -0.39 is 24.0 Å². The number of nitrogens with one attached hydrogen (secondary N) is 1. The van der Waals surface area contributed by atoms with Gasteiger partial charge in [0.1, 0.15) is 6.04 Å². The largest absolute Gasteiger partial charge is 0.480 e. The van der Waals surface area contributed by atoms with Crippen LogP contribution in [0.5, 0.6) is 0 Å². The van der Waals surface area contributed by atoms with E-state index in [2.05, 4.69) is 17.9 Å². The van der Waals surface area contributed by atoms with Gasteiger partial charge in [0.2, 0.25) is 5.91 Å². The molecule has 0 aliphatic carbocycles. The molecule has 1 amide bonds. The molecular weight excluding hydrogens is 180 g/mol. The molecule has 0 heterocycles. The monoisotopic (exact) mass is 192 g/mol. The first-order valence-electron chi connectivity index (χ1n) is 3.38. The summed E-state index contributed by atoms with van der Waals surface area (Å²) in [5, 5.41) is 10.7. The summed E-state index contributed by atoms with van der Waals surface area (Å²) in [6.07, 6.45) is 0. The van der Waals surface area contributed by atoms with Gasteiger partial charge in [0, 0.05) is 5.75 Å². The van der Waals surface area contributed by atoms with Crippen LogP contribution in [0.3, 0.4) is 0 Å². The molecule has 2 atom stereocenters. The van der Waals surface area contributed by atoms with Gasteiger partial charge in [0.05, 0.1) is 6.04 Å². The van der Waals surface area contributed by atoms with Gasteiger partial charge in [0.25, 0.3) is 0 Å². The van der Waals surface area contributed by atoms with Crippen molar-refractivity contribution in [3.63, 3.8) is 0 Å². The second-order valence-corrected chi connectivity index (χ2v) is 2.74. The fourth-order valence-electron chi connectivity index (χ4n) is 0.489. The molecule has 0 fully saturated rings. The summed E-state index contributed by atoms with van der Waals surface area (Å²) >= 11 is 3.76. The lowest BCUT2D eigenvalue weighted by Crippen LogP contribution is -2.48. The standard InChI is InChI=1S/C6H12N2O3S/c1-3(7)5(9)8-4(2-12)6(10)11/h3-4,12H,2,7H2,1H3,(H,8,9)(H,10,11)/t3?,4-/m0/s1. The number of aliphatic carboxylic acids is 1. The van der Waals surface area contributed by atoms with Crippen molar-refractivity contribution in [3.8, 4) is 0 Å². The molecule has 5 nitrogen and oxygen atoms in total. The van der Waals surface area contributed by atoms with Crippen molar-refractivity contribution >= 4 is 24.5 Å². The predicted molar refractivity (Wildman–Crippen MR) is 47.1 cm³/mol. The van der Waals surface area contributed by atoms with Gasteiger partial charge >= 0.3 is 5.97 Å². The van der Waals surface area contributed by atoms with E-state index in [1.165, 1.54) is 6.92 Å². The van der Waals surface area contributed by atoms with E-state index in [4.69, 9.17) is 10.8 Å². The topological polar surface area (TPSA) is 92.4 Å². The van der Waals surface area contributed by atoms with E-state index in [0.717, 1.165) is 0 Å². The Balaban J connectivity index is 4.03. The molecule has 4 N–H and O–H groups in total. The highest BCUT2D eigenvalue weighted by Crippen LogP contribution is 1.89. The van der Waals surface area contributed by atoms with Gasteiger partial charge in [-0.1, -0.05) is 0 Å². The van der Waals surface area contributed by atoms with Crippen LogP contribution < -0.4 is 11.1 Å². The average molecular weight is 192 g/mol. The molecule has 0 rings (SSSR count). The maximum Gasteiger partial charge on any atom is 0.327 e. The van der Waals surface area contributed by atoms with E-state index >= 15 is 0 Å². The Kier molecular flexibility index (Phi) is 4.68. The van der Waals surface area contributed by atoms with Gasteiger partial charge in [-0.25, -0.2) is 4.79 Å². The van der Waals surface area contributed by atoms with E-state index in [1.807, 2.05) is 0 Å². The van der Waals surface area contributed by atoms with Gasteiger partial charge in [0.15, 0.2) is 0 Å². The number of hydrogen-bond acceptors (Lipinski definition) is 4. The van der Waals surface area contributed by atoms with Crippen molar-refractivity contribution in [2.45, 2.75) is 19.0 Å². The molecular formula is C6H12N2O3S. The number of carbonyl (C=O) groups is 2. The first-order chi connectivity index (χ1) is 5.49. The number of carboxylic acid groups (broad SMARTS) is 1. The zero-order valence-corrected chi connectivity index (χ0v) is 7.54. The zero-order valence-electron chi connectivity index (χ0n) is 6.65. The van der Waals surface area contributed by atoms with Crippen LogP contribution in [0.25, 0.3) is 0 Å². The highest BCUT2D eigenvalue weighted by atomic mass is 32.1. The summed E-state index contributed by atoms with van der Waals surface area (Å²) in [7, 11) is 0. The summed E-state index contributed by atoms with van der Waals surface area (Å²) in [4.78, 5) is 21.3. The molecule has 0 radical (unpaired) electrons. The van der Waals surface area contributed by atoms with Gasteiger partial charge in [-0.2, -0.15) is 12.6 Å². The Morgan fingerprint density at radius 1 is 1.67 bits per heavy atom. The molecule has 0 saturated carbocycles. The fraction of sp³-hybridized carbons (Fsp3) is 0.667. The Hall–Kier alpha value is -0.750. The maximum absolute atomic E-state index is 10.9. The summed E-state index contributed by atoms with van der Waals surface area (Å²) in [5.41, 5.74) is 5.21. The van der Waals surface area contributed by atoms with Crippen LogP contribution in [-0.2, 0) is 9.59 Å². The molecule has 0 saturated heterocycles. The minimum absolute atomic E-state index is 0.0494. The molecule has 0 aromatic rings. The van der Waals surface area contributed by atoms with E-state index in [0.29, 0.717) is 0 Å². The number of carbonyl (C=O) groups excluding carboxylic acids is 1. The average Bonchev–Trinajstić information content (AvgIpc) is 1.98. The van der Waals surface area contributed by atoms with E-state index in [-0.39, 0.29) is 5.75 Å². The third-order valence-corrected chi connectivity index (χ3v) is 1.58. The highest BCUT2D eigenvalue weighted by molar-refractivity contribution is 7.80. The van der Waals surface area contributed by atoms with Gasteiger partial charge in [-0.3, -0.25) is 4.79 Å². The number of thiol groups is 1. The predicted octanol–water partition coefficient (Wildman–Crippen LogP) is -1.17. The van der Waals surface area contributed by atoms with Crippen LogP contribution in [-0.4, -0.2) is 34.8 Å². The molecule has 70 valence electrons. The number of amides is 1. The zero-order chi connectivity index (χ0) is 9.72. The Morgan fingerprint density at radius 3 is 2.42 bits per heavy atom. The molecule has 0 bridgehead atoms. The van der Waals surface area contributed by atoms with E-state index in [9.17, 15) is 9.59 Å². The summed E-state index contributed by atoms with van der Waals surface area (Å²) in [5.74, 6) is -1.55. The van der Waals surface area contributed by atoms with Crippen LogP contribution in [0.1, 0.15) is 6.92 Å². The van der Waals surface area contributed by atoms with Crippen LogP contribution in [0.4, 0.5) is 0 Å². The molecule has 12 heavy (non-hydrogen) atoms. The normalized spacial score (nSPS) is 14.9. The first-order valence-corrected chi connectivity index (χ1v) is 4.02. The van der Waals surface area contributed by atoms with Crippen molar-refractivity contribution in [3.05, 3.63) is 0 Å². The first kappa shape index (κ1) is 11.2. The third-order valence-electron chi connectivity index (χ3n) is 1.21. The number of rotatable bonds is 4. The second kappa shape index (κ2) is 5.00. The van der Waals surface area contributed by atoms with Crippen LogP contribution in [0.2, 0.25) is 0 Å². The van der Waals surface area contributed by atoms with Crippen LogP contribution in [0, 0.1) is 0 Å². The quantitative estimate of drug-likeness (QED) is 0.422. The molecule has 0 aromatic heterocycles. The van der Waals surface area contributed by atoms with Gasteiger partial charge in [-0.05, 0) is 6.92 Å². The molecule has 1 unspecified atom stereocenters. The van der Waals surface area contributed by atoms with Gasteiger partial charge < -0.3 is 16.2 Å². The van der Waals surface area contributed by atoms with Crippen LogP contribution >= 0.6 is 12.6 Å². The molecule has 0 aromatic carbocycles. The Labute approximate surface area is 75.7 Å². The van der Waals surface area contributed by atoms with Crippen molar-refractivity contribution in [2.24, 2.45) is 5.73 Å². The lowest BCUT2D eigenvalue weighted by atomic mass is 10.3. The number of carboxylic acids is 1. The van der Waals surface area contributed by atoms with Crippen molar-refractivity contribution < 1.29 is 14.7 Å². The molecule has 0 aliphatic heterocycles. The number of nitrogens with two attached hydrogens (primary N) is 1. The van der Waals surface area contributed by atoms with Crippen molar-refractivity contribution in [2.75, 3.05) is 5.75 Å². The lowest BCUT2D eigenvalue weighted by molar-refractivity contribution is -0.141. The molecule has 0 spiro atoms. The number of hydrogen-bond donors (Lipinski definition) is 4. The SMILES string of the molecule is CC(N)C(=O)N[C@@H](CS)C(=O)O. The fourth-order valence-corrected chi connectivity index (χ4v) is 0.736. The minimum atomic E-state index is -1.11. The molecule has 0 aliphatic rings. The Bertz CT molecular complexity index is 184. The summed E-state index contributed by atoms with van der Waals surface area (Å²) in [6, 6.07) is -1.67. The second-order valence-electron chi connectivity index (χ2n) is 2.37. The van der Waals surface area contributed by atoms with Gasteiger partial charge in [-0.15, -0.1) is 0 Å². The smallest absolute Gasteiger partial charge is 0.327 e. The lowest BCUT2D eigenvalue weighted by Gasteiger charge is -2.13. The maximum atomic E-state index is 10.9. The van der Waals surface area contributed by atoms with Crippen LogP contribution in [0.15, 0.2) is 0 Å². The summed E-state index contributed by atoms with van der Waals surface area (Å²) in [6.45, 7) is 1.48. The highest BCUT2D eigenvalue weighted by Gasteiger charge is 2.19. The summed E-state index contributed by atoms with van der Waals surface area (Å²) < 4.78 is 0. The Morgan fingerprint density at radius 2 is 2.17 bits per heavy atom.